The standard InChI is InChI=1S/C10H15NO4S/c1-14-5-7(4-12)11-10(13)9-3-8(15-2)6-16-9/h3,6-7,12H,4-5H2,1-2H3,(H,11,13). The zero-order chi connectivity index (χ0) is 12.0. The van der Waals surface area contributed by atoms with Crippen LogP contribution in [0, 0.1) is 0 Å². The Balaban J connectivity index is 2.56. The number of thiophene rings is 1. The number of hydrogen-bond donors (Lipinski definition) is 2. The van der Waals surface area contributed by atoms with E-state index in [2.05, 4.69) is 5.32 Å². The van der Waals surface area contributed by atoms with Crippen LogP contribution in [-0.2, 0) is 4.74 Å². The largest absolute Gasteiger partial charge is 0.496 e. The Hall–Kier alpha value is -1.11. The van der Waals surface area contributed by atoms with E-state index in [1.165, 1.54) is 18.4 Å². The first-order valence-corrected chi connectivity index (χ1v) is 5.62. The number of ether oxygens (including phenoxy) is 2. The van der Waals surface area contributed by atoms with Crippen LogP contribution in [0.3, 0.4) is 0 Å². The van der Waals surface area contributed by atoms with Gasteiger partial charge < -0.3 is 19.9 Å². The lowest BCUT2D eigenvalue weighted by molar-refractivity contribution is 0.0843. The Morgan fingerprint density at radius 2 is 2.38 bits per heavy atom. The van der Waals surface area contributed by atoms with E-state index in [0.717, 1.165) is 0 Å². The van der Waals surface area contributed by atoms with Crippen LogP contribution in [0.2, 0.25) is 0 Å². The number of nitrogens with one attached hydrogen (secondary N) is 1. The molecule has 1 amide bonds. The molecule has 0 saturated carbocycles. The summed E-state index contributed by atoms with van der Waals surface area (Å²) in [5.74, 6) is 0.423. The molecule has 0 fully saturated rings. The van der Waals surface area contributed by atoms with Crippen LogP contribution < -0.4 is 10.1 Å². The van der Waals surface area contributed by atoms with E-state index in [4.69, 9.17) is 14.6 Å². The van der Waals surface area contributed by atoms with Crippen molar-refractivity contribution in [2.24, 2.45) is 0 Å². The molecule has 0 aromatic carbocycles. The monoisotopic (exact) mass is 245 g/mol. The Bertz CT molecular complexity index is 339. The summed E-state index contributed by atoms with van der Waals surface area (Å²) in [6.45, 7) is 0.132. The summed E-state index contributed by atoms with van der Waals surface area (Å²) < 4.78 is 9.84. The summed E-state index contributed by atoms with van der Waals surface area (Å²) in [5.41, 5.74) is 0. The summed E-state index contributed by atoms with van der Waals surface area (Å²) in [5, 5.41) is 13.4. The molecule has 0 aliphatic heterocycles. The fourth-order valence-electron chi connectivity index (χ4n) is 1.14. The molecule has 5 nitrogen and oxygen atoms in total. The summed E-state index contributed by atoms with van der Waals surface area (Å²) in [7, 11) is 3.06. The van der Waals surface area contributed by atoms with Crippen LogP contribution in [0.15, 0.2) is 11.4 Å². The van der Waals surface area contributed by atoms with Crippen molar-refractivity contribution in [2.45, 2.75) is 6.04 Å². The van der Waals surface area contributed by atoms with Gasteiger partial charge in [0.25, 0.3) is 5.91 Å². The number of methoxy groups -OCH3 is 2. The van der Waals surface area contributed by atoms with Gasteiger partial charge in [-0.1, -0.05) is 0 Å². The first-order chi connectivity index (χ1) is 7.71. The number of aliphatic hydroxyl groups is 1. The number of hydrogen-bond acceptors (Lipinski definition) is 5. The quantitative estimate of drug-likeness (QED) is 0.765. The SMILES string of the molecule is COCC(CO)NC(=O)c1cc(OC)cs1. The minimum absolute atomic E-state index is 0.151. The lowest BCUT2D eigenvalue weighted by atomic mass is 10.3. The van der Waals surface area contributed by atoms with Gasteiger partial charge in [0.1, 0.15) is 5.75 Å². The fraction of sp³-hybridized carbons (Fsp3) is 0.500. The number of rotatable bonds is 6. The summed E-state index contributed by atoms with van der Waals surface area (Å²) >= 11 is 1.29. The maximum absolute atomic E-state index is 11.7. The molecule has 6 heteroatoms. The molecular weight excluding hydrogens is 230 g/mol. The van der Waals surface area contributed by atoms with E-state index in [1.54, 1.807) is 18.6 Å². The third-order valence-electron chi connectivity index (χ3n) is 1.96. The molecule has 1 rings (SSSR count). The highest BCUT2D eigenvalue weighted by atomic mass is 32.1. The van der Waals surface area contributed by atoms with Crippen molar-refractivity contribution in [2.75, 3.05) is 27.4 Å². The molecule has 90 valence electrons. The van der Waals surface area contributed by atoms with E-state index < -0.39 is 0 Å². The van der Waals surface area contributed by atoms with Gasteiger partial charge in [-0.3, -0.25) is 4.79 Å². The number of carbonyl (C=O) groups excluding carboxylic acids is 1. The van der Waals surface area contributed by atoms with Gasteiger partial charge in [0.2, 0.25) is 0 Å². The molecule has 0 spiro atoms. The molecule has 1 atom stereocenters. The lowest BCUT2D eigenvalue weighted by Gasteiger charge is -2.14. The van der Waals surface area contributed by atoms with E-state index in [-0.39, 0.29) is 25.2 Å². The molecule has 16 heavy (non-hydrogen) atoms. The molecule has 0 bridgehead atoms. The van der Waals surface area contributed by atoms with Gasteiger partial charge in [-0.25, -0.2) is 0 Å². The second kappa shape index (κ2) is 6.47. The number of aliphatic hydroxyl groups excluding tert-OH is 1. The van der Waals surface area contributed by atoms with Crippen LogP contribution in [-0.4, -0.2) is 44.5 Å². The molecule has 1 aromatic rings. The van der Waals surface area contributed by atoms with Crippen molar-refractivity contribution in [1.82, 2.24) is 5.32 Å². The molecule has 2 N–H and O–H groups in total. The topological polar surface area (TPSA) is 67.8 Å². The average Bonchev–Trinajstić information content (AvgIpc) is 2.76. The van der Waals surface area contributed by atoms with Crippen molar-refractivity contribution in [3.05, 3.63) is 16.3 Å². The smallest absolute Gasteiger partial charge is 0.261 e. The highest BCUT2D eigenvalue weighted by Crippen LogP contribution is 2.20. The van der Waals surface area contributed by atoms with Crippen molar-refractivity contribution in [3.63, 3.8) is 0 Å². The summed E-state index contributed by atoms with van der Waals surface area (Å²) in [4.78, 5) is 12.2. The van der Waals surface area contributed by atoms with Crippen LogP contribution in [0.1, 0.15) is 9.67 Å². The summed E-state index contributed by atoms with van der Waals surface area (Å²) in [6, 6.07) is 1.27. The zero-order valence-corrected chi connectivity index (χ0v) is 10.0. The lowest BCUT2D eigenvalue weighted by Crippen LogP contribution is -2.40. The van der Waals surface area contributed by atoms with Crippen molar-refractivity contribution >= 4 is 17.2 Å². The third kappa shape index (κ3) is 3.48. The Morgan fingerprint density at radius 1 is 1.62 bits per heavy atom. The van der Waals surface area contributed by atoms with E-state index in [0.29, 0.717) is 10.6 Å². The molecule has 0 saturated heterocycles. The maximum atomic E-state index is 11.7. The predicted octanol–water partition coefficient (Wildman–Crippen LogP) is 0.494. The van der Waals surface area contributed by atoms with Crippen LogP contribution in [0.25, 0.3) is 0 Å². The van der Waals surface area contributed by atoms with Crippen LogP contribution >= 0.6 is 11.3 Å². The van der Waals surface area contributed by atoms with Gasteiger partial charge in [0.05, 0.1) is 31.2 Å². The molecule has 1 aromatic heterocycles. The van der Waals surface area contributed by atoms with Gasteiger partial charge in [-0.05, 0) is 0 Å². The minimum atomic E-state index is -0.384. The molecule has 1 unspecified atom stereocenters. The highest BCUT2D eigenvalue weighted by molar-refractivity contribution is 7.12. The maximum Gasteiger partial charge on any atom is 0.261 e. The van der Waals surface area contributed by atoms with E-state index >= 15 is 0 Å². The first kappa shape index (κ1) is 13.0. The van der Waals surface area contributed by atoms with E-state index in [9.17, 15) is 4.79 Å². The fourth-order valence-corrected chi connectivity index (χ4v) is 1.90. The van der Waals surface area contributed by atoms with Crippen LogP contribution in [0.5, 0.6) is 5.75 Å². The number of amides is 1. The van der Waals surface area contributed by atoms with Crippen molar-refractivity contribution < 1.29 is 19.4 Å². The Morgan fingerprint density at radius 3 is 2.88 bits per heavy atom. The van der Waals surface area contributed by atoms with Crippen molar-refractivity contribution in [3.8, 4) is 5.75 Å². The van der Waals surface area contributed by atoms with Gasteiger partial charge in [-0.15, -0.1) is 11.3 Å². The van der Waals surface area contributed by atoms with Crippen molar-refractivity contribution in [1.29, 1.82) is 0 Å². The third-order valence-corrected chi connectivity index (χ3v) is 2.87. The van der Waals surface area contributed by atoms with Gasteiger partial charge in [-0.2, -0.15) is 0 Å². The average molecular weight is 245 g/mol. The number of carbonyl (C=O) groups is 1. The molecule has 0 radical (unpaired) electrons. The van der Waals surface area contributed by atoms with Crippen LogP contribution in [0.4, 0.5) is 0 Å². The Kier molecular flexibility index (Phi) is 5.24. The predicted molar refractivity (Wildman–Crippen MR) is 61.1 cm³/mol. The zero-order valence-electron chi connectivity index (χ0n) is 9.23. The molecular formula is C10H15NO4S. The second-order valence-electron chi connectivity index (χ2n) is 3.16. The van der Waals surface area contributed by atoms with Gasteiger partial charge >= 0.3 is 0 Å². The molecule has 0 aliphatic rings. The molecule has 0 aliphatic carbocycles. The second-order valence-corrected chi connectivity index (χ2v) is 4.07. The molecule has 1 heterocycles. The van der Waals surface area contributed by atoms with E-state index in [1.807, 2.05) is 0 Å². The first-order valence-electron chi connectivity index (χ1n) is 4.74. The van der Waals surface area contributed by atoms with Gasteiger partial charge in [0, 0.05) is 18.6 Å². The Labute approximate surface area is 98.0 Å². The van der Waals surface area contributed by atoms with Gasteiger partial charge in [0.15, 0.2) is 0 Å². The minimum Gasteiger partial charge on any atom is -0.496 e. The highest BCUT2D eigenvalue weighted by Gasteiger charge is 2.14. The normalized spacial score (nSPS) is 12.2. The summed E-state index contributed by atoms with van der Waals surface area (Å²) in [6.07, 6.45) is 0.